The van der Waals surface area contributed by atoms with Crippen LogP contribution in [0.15, 0.2) is 87.8 Å². The van der Waals surface area contributed by atoms with Gasteiger partial charge in [0.25, 0.3) is 5.56 Å². The maximum absolute atomic E-state index is 13.4. The summed E-state index contributed by atoms with van der Waals surface area (Å²) < 4.78 is 8.06. The summed E-state index contributed by atoms with van der Waals surface area (Å²) in [5.74, 6) is 0.00204. The summed E-state index contributed by atoms with van der Waals surface area (Å²) in [5, 5.41) is 19.9. The lowest BCUT2D eigenvalue weighted by atomic mass is 10.2. The minimum Gasteiger partial charge on any atom is -0.495 e. The molecule has 1 aromatic heterocycles. The van der Waals surface area contributed by atoms with Crippen LogP contribution in [0.4, 0.5) is 11.4 Å². The highest BCUT2D eigenvalue weighted by atomic mass is 35.5. The van der Waals surface area contributed by atoms with Gasteiger partial charge >= 0.3 is 0 Å². The number of benzene rings is 3. The Balaban J connectivity index is 2.02. The van der Waals surface area contributed by atoms with Crippen molar-refractivity contribution in [2.75, 3.05) is 7.11 Å². The van der Waals surface area contributed by atoms with Crippen molar-refractivity contribution in [2.24, 2.45) is 10.2 Å². The third-order valence-electron chi connectivity index (χ3n) is 4.92. The van der Waals surface area contributed by atoms with Crippen LogP contribution in [0.25, 0.3) is 11.4 Å². The Labute approximate surface area is 199 Å². The maximum Gasteiger partial charge on any atom is 0.290 e. The number of hydrogen-bond acceptors (Lipinski definition) is 6. The summed E-state index contributed by atoms with van der Waals surface area (Å²) >= 11 is 11.6. The average Bonchev–Trinajstić information content (AvgIpc) is 2.81. The Morgan fingerprint density at radius 1 is 0.939 bits per heavy atom. The summed E-state index contributed by atoms with van der Waals surface area (Å²) in [6.45, 7) is 1.95. The second kappa shape index (κ2) is 9.40. The number of rotatable bonds is 5. The van der Waals surface area contributed by atoms with E-state index in [2.05, 4.69) is 10.2 Å². The number of hydrogen-bond donors (Lipinski definition) is 1. The van der Waals surface area contributed by atoms with Gasteiger partial charge in [-0.3, -0.25) is 13.9 Å². The Morgan fingerprint density at radius 3 is 2.27 bits per heavy atom. The second-order valence-electron chi connectivity index (χ2n) is 7.11. The molecule has 0 aliphatic carbocycles. The van der Waals surface area contributed by atoms with E-state index in [9.17, 15) is 9.90 Å². The molecular formula is C24H19ClN4O3S. The van der Waals surface area contributed by atoms with Crippen LogP contribution in [0, 0.1) is 11.7 Å². The number of azo groups is 1. The van der Waals surface area contributed by atoms with Crippen molar-refractivity contribution in [2.45, 2.75) is 6.92 Å². The van der Waals surface area contributed by atoms with Gasteiger partial charge < -0.3 is 9.84 Å². The monoisotopic (exact) mass is 478 g/mol. The normalized spacial score (nSPS) is 11.1. The minimum absolute atomic E-state index is 0.0265. The number of ether oxygens (including phenoxy) is 1. The molecule has 7 nitrogen and oxygen atoms in total. The summed E-state index contributed by atoms with van der Waals surface area (Å²) in [6.07, 6.45) is 0. The zero-order valence-electron chi connectivity index (χ0n) is 17.8. The molecule has 0 bridgehead atoms. The molecule has 4 rings (SSSR count). The van der Waals surface area contributed by atoms with E-state index < -0.39 is 11.4 Å². The number of aromatic hydroxyl groups is 1. The van der Waals surface area contributed by atoms with E-state index in [0.29, 0.717) is 27.8 Å². The van der Waals surface area contributed by atoms with Gasteiger partial charge in [-0.25, -0.2) is 0 Å². The molecule has 0 fully saturated rings. The fourth-order valence-electron chi connectivity index (χ4n) is 3.24. The predicted octanol–water partition coefficient (Wildman–Crippen LogP) is 6.45. The van der Waals surface area contributed by atoms with E-state index in [1.165, 1.54) is 16.2 Å². The van der Waals surface area contributed by atoms with Crippen LogP contribution in [0.1, 0.15) is 5.56 Å². The van der Waals surface area contributed by atoms with Crippen molar-refractivity contribution in [3.05, 3.63) is 98.5 Å². The van der Waals surface area contributed by atoms with Crippen LogP contribution in [0.3, 0.4) is 0 Å². The number of aromatic nitrogens is 2. The molecule has 9 heteroatoms. The summed E-state index contributed by atoms with van der Waals surface area (Å²) in [4.78, 5) is 13.4. The number of para-hydroxylation sites is 2. The van der Waals surface area contributed by atoms with Crippen molar-refractivity contribution in [3.63, 3.8) is 0 Å². The quantitative estimate of drug-likeness (QED) is 0.264. The van der Waals surface area contributed by atoms with Gasteiger partial charge in [-0.15, -0.1) is 5.11 Å². The van der Waals surface area contributed by atoms with Gasteiger partial charge in [-0.2, -0.15) is 5.11 Å². The first-order chi connectivity index (χ1) is 15.9. The predicted molar refractivity (Wildman–Crippen MR) is 131 cm³/mol. The van der Waals surface area contributed by atoms with Crippen molar-refractivity contribution in [1.29, 1.82) is 0 Å². The summed E-state index contributed by atoms with van der Waals surface area (Å²) in [5.41, 5.74) is 1.60. The van der Waals surface area contributed by atoms with E-state index in [-0.39, 0.29) is 10.5 Å². The van der Waals surface area contributed by atoms with Crippen molar-refractivity contribution in [1.82, 2.24) is 9.13 Å². The molecule has 0 radical (unpaired) electrons. The fourth-order valence-corrected chi connectivity index (χ4v) is 3.74. The number of halogens is 1. The van der Waals surface area contributed by atoms with E-state index in [4.69, 9.17) is 28.6 Å². The van der Waals surface area contributed by atoms with Crippen LogP contribution in [0.2, 0.25) is 5.02 Å². The molecule has 0 unspecified atom stereocenters. The lowest BCUT2D eigenvalue weighted by molar-refractivity contribution is 0.402. The molecular weight excluding hydrogens is 460 g/mol. The van der Waals surface area contributed by atoms with E-state index >= 15 is 0 Å². The maximum atomic E-state index is 13.4. The SMILES string of the molecule is COc1ccccc1-n1c(O)c(N=Nc2ccc(C)cc2)c(=O)n(-c2ccc(Cl)cc2)c1=S. The Kier molecular flexibility index (Phi) is 6.39. The van der Waals surface area contributed by atoms with E-state index in [0.717, 1.165) is 5.56 Å². The van der Waals surface area contributed by atoms with Gasteiger partial charge in [0, 0.05) is 5.02 Å². The molecule has 1 N–H and O–H groups in total. The van der Waals surface area contributed by atoms with Gasteiger partial charge in [-0.1, -0.05) is 41.4 Å². The standard InChI is InChI=1S/C24H19ClN4O3S/c1-15-7-11-17(12-8-15)26-27-21-22(30)28(18-13-9-16(25)10-14-18)24(33)29(23(21)31)19-5-3-4-6-20(19)32-2/h3-14,31H,1-2H3. The molecule has 0 aliphatic heterocycles. The molecule has 1 heterocycles. The first-order valence-electron chi connectivity index (χ1n) is 9.89. The fraction of sp³-hybridized carbons (Fsp3) is 0.0833. The zero-order chi connectivity index (χ0) is 23.5. The minimum atomic E-state index is -0.623. The molecule has 0 aliphatic rings. The lowest BCUT2D eigenvalue weighted by Crippen LogP contribution is -2.23. The lowest BCUT2D eigenvalue weighted by Gasteiger charge is -2.17. The van der Waals surface area contributed by atoms with Gasteiger partial charge in [0.2, 0.25) is 11.6 Å². The van der Waals surface area contributed by atoms with Crippen molar-refractivity contribution < 1.29 is 9.84 Å². The highest BCUT2D eigenvalue weighted by molar-refractivity contribution is 7.71. The Hall–Kier alpha value is -3.75. The van der Waals surface area contributed by atoms with Crippen molar-refractivity contribution in [3.8, 4) is 23.0 Å². The van der Waals surface area contributed by atoms with Gasteiger partial charge in [0.05, 0.1) is 24.2 Å². The zero-order valence-corrected chi connectivity index (χ0v) is 19.3. The molecule has 0 atom stereocenters. The third kappa shape index (κ3) is 4.44. The van der Waals surface area contributed by atoms with Crippen LogP contribution in [0.5, 0.6) is 11.6 Å². The number of methoxy groups -OCH3 is 1. The Morgan fingerprint density at radius 2 is 1.61 bits per heavy atom. The van der Waals surface area contributed by atoms with E-state index in [1.54, 1.807) is 60.7 Å². The molecule has 0 saturated heterocycles. The van der Waals surface area contributed by atoms with Crippen LogP contribution in [-0.4, -0.2) is 21.4 Å². The smallest absolute Gasteiger partial charge is 0.290 e. The third-order valence-corrected chi connectivity index (χ3v) is 5.54. The second-order valence-corrected chi connectivity index (χ2v) is 7.92. The van der Waals surface area contributed by atoms with Gasteiger partial charge in [-0.05, 0) is 67.7 Å². The van der Waals surface area contributed by atoms with Crippen LogP contribution in [-0.2, 0) is 0 Å². The molecule has 4 aromatic rings. The van der Waals surface area contributed by atoms with E-state index in [1.807, 2.05) is 19.1 Å². The topological polar surface area (TPSA) is 81.1 Å². The van der Waals surface area contributed by atoms with Crippen LogP contribution < -0.4 is 10.3 Å². The van der Waals surface area contributed by atoms with Crippen molar-refractivity contribution >= 4 is 35.2 Å². The first-order valence-corrected chi connectivity index (χ1v) is 10.7. The van der Waals surface area contributed by atoms with Gasteiger partial charge in [0.1, 0.15) is 5.75 Å². The van der Waals surface area contributed by atoms with Crippen LogP contribution >= 0.6 is 23.8 Å². The molecule has 3 aromatic carbocycles. The molecule has 166 valence electrons. The summed E-state index contributed by atoms with van der Waals surface area (Å²) in [6, 6.07) is 20.9. The molecule has 0 saturated carbocycles. The number of nitrogens with zero attached hydrogens (tertiary/aromatic N) is 4. The first kappa shape index (κ1) is 22.4. The molecule has 0 spiro atoms. The van der Waals surface area contributed by atoms with Gasteiger partial charge in [0.15, 0.2) is 4.77 Å². The molecule has 33 heavy (non-hydrogen) atoms. The highest BCUT2D eigenvalue weighted by Crippen LogP contribution is 2.32. The highest BCUT2D eigenvalue weighted by Gasteiger charge is 2.21. The summed E-state index contributed by atoms with van der Waals surface area (Å²) in [7, 11) is 1.51. The average molecular weight is 479 g/mol. The largest absolute Gasteiger partial charge is 0.495 e. The molecule has 0 amide bonds. The number of aryl methyl sites for hydroxylation is 1. The Bertz CT molecular complexity index is 1460.